The van der Waals surface area contributed by atoms with E-state index in [1.807, 2.05) is 18.2 Å². The lowest BCUT2D eigenvalue weighted by molar-refractivity contribution is -0.132. The summed E-state index contributed by atoms with van der Waals surface area (Å²) in [7, 11) is 1.57. The van der Waals surface area contributed by atoms with Crippen LogP contribution in [0.1, 0.15) is 11.6 Å². The van der Waals surface area contributed by atoms with Crippen LogP contribution in [0, 0.1) is 0 Å². The molecule has 0 amide bonds. The van der Waals surface area contributed by atoms with Crippen LogP contribution in [0.25, 0.3) is 0 Å². The molecule has 2 aromatic rings. The lowest BCUT2D eigenvalue weighted by Crippen LogP contribution is -2.24. The van der Waals surface area contributed by atoms with Crippen molar-refractivity contribution in [1.82, 2.24) is 14.8 Å². The van der Waals surface area contributed by atoms with Crippen LogP contribution in [0.15, 0.2) is 40.8 Å². The second kappa shape index (κ2) is 5.21. The number of nitrogens with one attached hydrogen (secondary N) is 1. The molecular formula is C13H11BrN4O3. The Bertz CT molecular complexity index is 741. The summed E-state index contributed by atoms with van der Waals surface area (Å²) in [6.07, 6.45) is 2.95. The van der Waals surface area contributed by atoms with Crippen LogP contribution in [0.5, 0.6) is 5.75 Å². The standard InChI is InChI=1S/C13H11BrN4O3/c1-21-11-3-2-7(14)4-8(11)10-5-9(12(19)20)17-13-15-6-16-18(10)13/h2-6,10H,1H3,(H,19,20)(H,15,16,17). The number of ether oxygens (including phenoxy) is 1. The Morgan fingerprint density at radius 1 is 1.52 bits per heavy atom. The molecule has 0 fully saturated rings. The van der Waals surface area contributed by atoms with Crippen molar-refractivity contribution in [2.75, 3.05) is 12.4 Å². The largest absolute Gasteiger partial charge is 0.496 e. The zero-order valence-corrected chi connectivity index (χ0v) is 12.5. The molecule has 108 valence electrons. The van der Waals surface area contributed by atoms with E-state index >= 15 is 0 Å². The molecule has 21 heavy (non-hydrogen) atoms. The Balaban J connectivity index is 2.17. The summed E-state index contributed by atoms with van der Waals surface area (Å²) < 4.78 is 7.83. The van der Waals surface area contributed by atoms with Crippen molar-refractivity contribution in [2.45, 2.75) is 6.04 Å². The Hall–Kier alpha value is -2.35. The Morgan fingerprint density at radius 3 is 3.05 bits per heavy atom. The number of allylic oxidation sites excluding steroid dienone is 1. The number of aliphatic carboxylic acids is 1. The van der Waals surface area contributed by atoms with E-state index in [0.717, 1.165) is 10.0 Å². The fourth-order valence-electron chi connectivity index (χ4n) is 2.22. The van der Waals surface area contributed by atoms with E-state index in [9.17, 15) is 9.90 Å². The van der Waals surface area contributed by atoms with Crippen molar-refractivity contribution in [3.8, 4) is 5.75 Å². The van der Waals surface area contributed by atoms with E-state index in [2.05, 4.69) is 31.3 Å². The van der Waals surface area contributed by atoms with Gasteiger partial charge in [-0.25, -0.2) is 9.48 Å². The molecule has 2 N–H and O–H groups in total. The number of anilines is 1. The molecule has 0 radical (unpaired) electrons. The Kier molecular flexibility index (Phi) is 3.38. The van der Waals surface area contributed by atoms with Gasteiger partial charge in [-0.1, -0.05) is 15.9 Å². The summed E-state index contributed by atoms with van der Waals surface area (Å²) in [5, 5.41) is 16.1. The topological polar surface area (TPSA) is 89.3 Å². The number of hydrogen-bond acceptors (Lipinski definition) is 5. The van der Waals surface area contributed by atoms with Crippen molar-refractivity contribution < 1.29 is 14.6 Å². The zero-order valence-electron chi connectivity index (χ0n) is 10.9. The average molecular weight is 351 g/mol. The van der Waals surface area contributed by atoms with Gasteiger partial charge in [-0.3, -0.25) is 0 Å². The van der Waals surface area contributed by atoms with Crippen LogP contribution in [0.4, 0.5) is 5.95 Å². The maximum Gasteiger partial charge on any atom is 0.352 e. The second-order valence-corrected chi connectivity index (χ2v) is 5.29. The van der Waals surface area contributed by atoms with Crippen LogP contribution in [-0.2, 0) is 4.79 Å². The highest BCUT2D eigenvalue weighted by Gasteiger charge is 2.27. The maximum atomic E-state index is 11.3. The second-order valence-electron chi connectivity index (χ2n) is 4.37. The van der Waals surface area contributed by atoms with Gasteiger partial charge in [0.15, 0.2) is 0 Å². The van der Waals surface area contributed by atoms with Gasteiger partial charge in [0.1, 0.15) is 23.8 Å². The van der Waals surface area contributed by atoms with Gasteiger partial charge in [-0.05, 0) is 24.3 Å². The molecule has 0 saturated heterocycles. The lowest BCUT2D eigenvalue weighted by Gasteiger charge is -2.24. The normalized spacial score (nSPS) is 16.7. The van der Waals surface area contributed by atoms with Crippen LogP contribution in [0.3, 0.4) is 0 Å². The van der Waals surface area contributed by atoms with Gasteiger partial charge in [-0.2, -0.15) is 10.1 Å². The number of carbonyl (C=O) groups is 1. The van der Waals surface area contributed by atoms with Crippen molar-refractivity contribution in [3.63, 3.8) is 0 Å². The fourth-order valence-corrected chi connectivity index (χ4v) is 2.60. The van der Waals surface area contributed by atoms with E-state index in [1.54, 1.807) is 17.9 Å². The monoisotopic (exact) mass is 350 g/mol. The number of nitrogens with zero attached hydrogens (tertiary/aromatic N) is 3. The van der Waals surface area contributed by atoms with Crippen LogP contribution < -0.4 is 10.1 Å². The van der Waals surface area contributed by atoms with Gasteiger partial charge < -0.3 is 15.2 Å². The number of carboxylic acids is 1. The Labute approximate surface area is 128 Å². The van der Waals surface area contributed by atoms with E-state index in [0.29, 0.717) is 11.7 Å². The summed E-state index contributed by atoms with van der Waals surface area (Å²) in [5.41, 5.74) is 0.849. The van der Waals surface area contributed by atoms with E-state index in [1.165, 1.54) is 6.33 Å². The molecule has 8 heteroatoms. The van der Waals surface area contributed by atoms with E-state index in [-0.39, 0.29) is 5.70 Å². The van der Waals surface area contributed by atoms with Crippen molar-refractivity contribution in [3.05, 3.63) is 46.3 Å². The van der Waals surface area contributed by atoms with Crippen LogP contribution in [-0.4, -0.2) is 33.0 Å². The fraction of sp³-hybridized carbons (Fsp3) is 0.154. The molecule has 7 nitrogen and oxygen atoms in total. The first-order valence-corrected chi connectivity index (χ1v) is 6.84. The quantitative estimate of drug-likeness (QED) is 0.880. The van der Waals surface area contributed by atoms with Gasteiger partial charge in [0, 0.05) is 10.0 Å². The predicted molar refractivity (Wildman–Crippen MR) is 78.2 cm³/mol. The highest BCUT2D eigenvalue weighted by atomic mass is 79.9. The van der Waals surface area contributed by atoms with Crippen LogP contribution in [0.2, 0.25) is 0 Å². The summed E-state index contributed by atoms with van der Waals surface area (Å²) in [5.74, 6) is -0.0299. The number of aromatic nitrogens is 3. The SMILES string of the molecule is COc1ccc(Br)cc1C1C=C(C(=O)O)Nc2ncnn21. The number of halogens is 1. The average Bonchev–Trinajstić information content (AvgIpc) is 2.94. The first-order valence-electron chi connectivity index (χ1n) is 6.05. The van der Waals surface area contributed by atoms with Gasteiger partial charge in [0.25, 0.3) is 0 Å². The molecular weight excluding hydrogens is 340 g/mol. The highest BCUT2D eigenvalue weighted by molar-refractivity contribution is 9.10. The first-order chi connectivity index (χ1) is 10.1. The molecule has 0 aliphatic carbocycles. The van der Waals surface area contributed by atoms with E-state index < -0.39 is 12.0 Å². The molecule has 0 bridgehead atoms. The third-order valence-electron chi connectivity index (χ3n) is 3.15. The third-order valence-corrected chi connectivity index (χ3v) is 3.64. The molecule has 0 spiro atoms. The summed E-state index contributed by atoms with van der Waals surface area (Å²) in [6, 6.07) is 5.12. The van der Waals surface area contributed by atoms with E-state index in [4.69, 9.17) is 4.74 Å². The number of carboxylic acid groups (broad SMARTS) is 1. The molecule has 1 aromatic carbocycles. The number of rotatable bonds is 3. The summed E-state index contributed by atoms with van der Waals surface area (Å²) in [4.78, 5) is 15.3. The molecule has 1 aliphatic heterocycles. The Morgan fingerprint density at radius 2 is 2.33 bits per heavy atom. The summed E-state index contributed by atoms with van der Waals surface area (Å²) >= 11 is 3.41. The highest BCUT2D eigenvalue weighted by Crippen LogP contribution is 2.35. The molecule has 1 atom stereocenters. The minimum Gasteiger partial charge on any atom is -0.496 e. The van der Waals surface area contributed by atoms with Gasteiger partial charge in [-0.15, -0.1) is 0 Å². The van der Waals surface area contributed by atoms with Crippen LogP contribution >= 0.6 is 15.9 Å². The number of fused-ring (bicyclic) bond motifs is 1. The minimum atomic E-state index is -1.05. The first kappa shape index (κ1) is 13.6. The molecule has 2 heterocycles. The molecule has 1 unspecified atom stereocenters. The predicted octanol–water partition coefficient (Wildman–Crippen LogP) is 2.03. The smallest absolute Gasteiger partial charge is 0.352 e. The molecule has 1 aromatic heterocycles. The van der Waals surface area contributed by atoms with Gasteiger partial charge in [0.05, 0.1) is 7.11 Å². The van der Waals surface area contributed by atoms with Crippen molar-refractivity contribution in [2.24, 2.45) is 0 Å². The lowest BCUT2D eigenvalue weighted by atomic mass is 10.0. The molecule has 1 aliphatic rings. The van der Waals surface area contributed by atoms with Crippen molar-refractivity contribution in [1.29, 1.82) is 0 Å². The zero-order chi connectivity index (χ0) is 15.0. The summed E-state index contributed by atoms with van der Waals surface area (Å²) in [6.45, 7) is 0. The molecule has 0 saturated carbocycles. The number of methoxy groups -OCH3 is 1. The maximum absolute atomic E-state index is 11.3. The van der Waals surface area contributed by atoms with Crippen molar-refractivity contribution >= 4 is 27.8 Å². The van der Waals surface area contributed by atoms with Gasteiger partial charge >= 0.3 is 5.97 Å². The molecule has 3 rings (SSSR count). The minimum absolute atomic E-state index is 0.0579. The number of hydrogen-bond donors (Lipinski definition) is 2. The number of benzene rings is 1. The third kappa shape index (κ3) is 2.38. The van der Waals surface area contributed by atoms with Gasteiger partial charge in [0.2, 0.25) is 5.95 Å².